The van der Waals surface area contributed by atoms with Crippen molar-refractivity contribution in [3.63, 3.8) is 0 Å². The van der Waals surface area contributed by atoms with E-state index < -0.39 is 0 Å². The summed E-state index contributed by atoms with van der Waals surface area (Å²) in [6.45, 7) is 6.85. The maximum absolute atomic E-state index is 12.4. The Kier molecular flexibility index (Phi) is 5.85. The predicted molar refractivity (Wildman–Crippen MR) is 132 cm³/mol. The molecule has 1 fully saturated rings. The zero-order valence-corrected chi connectivity index (χ0v) is 20.2. The first kappa shape index (κ1) is 22.5. The van der Waals surface area contributed by atoms with Gasteiger partial charge in [-0.05, 0) is 56.5 Å². The first-order chi connectivity index (χ1) is 16.4. The lowest BCUT2D eigenvalue weighted by Crippen LogP contribution is -2.40. The van der Waals surface area contributed by atoms with Crippen molar-refractivity contribution in [2.45, 2.75) is 44.8 Å². The highest BCUT2D eigenvalue weighted by molar-refractivity contribution is 6.30. The fraction of sp³-hybridized carbons (Fsp3) is 0.400. The third-order valence-electron chi connectivity index (χ3n) is 6.89. The molecule has 1 saturated heterocycles. The van der Waals surface area contributed by atoms with Gasteiger partial charge in [-0.3, -0.25) is 4.68 Å². The van der Waals surface area contributed by atoms with Crippen LogP contribution in [0.2, 0.25) is 5.02 Å². The second kappa shape index (κ2) is 8.83. The van der Waals surface area contributed by atoms with E-state index in [2.05, 4.69) is 21.0 Å². The SMILES string of the molecule is CCNC(=O)N1CC[C@@]2(CCn3nc(-c4cnc(N)c(OC(C)c5cccc(Cl)c5)c4)cc32)C1. The molecule has 3 N–H and O–H groups in total. The van der Waals surface area contributed by atoms with Crippen molar-refractivity contribution in [2.75, 3.05) is 25.4 Å². The highest BCUT2D eigenvalue weighted by Gasteiger charge is 2.46. The molecule has 1 unspecified atom stereocenters. The fourth-order valence-corrected chi connectivity index (χ4v) is 5.23. The van der Waals surface area contributed by atoms with Gasteiger partial charge in [-0.25, -0.2) is 9.78 Å². The molecule has 8 nitrogen and oxygen atoms in total. The molecular weight excluding hydrogens is 452 g/mol. The van der Waals surface area contributed by atoms with Gasteiger partial charge in [0.2, 0.25) is 0 Å². The van der Waals surface area contributed by atoms with Gasteiger partial charge in [0.05, 0.1) is 5.69 Å². The van der Waals surface area contributed by atoms with Crippen LogP contribution in [0, 0.1) is 0 Å². The molecule has 2 atom stereocenters. The molecule has 5 rings (SSSR count). The van der Waals surface area contributed by atoms with Crippen molar-refractivity contribution < 1.29 is 9.53 Å². The number of nitrogen functional groups attached to an aromatic ring is 1. The molecule has 0 bridgehead atoms. The Morgan fingerprint density at radius 2 is 2.12 bits per heavy atom. The number of hydrogen-bond donors (Lipinski definition) is 2. The van der Waals surface area contributed by atoms with E-state index in [0.717, 1.165) is 49.3 Å². The summed E-state index contributed by atoms with van der Waals surface area (Å²) in [7, 11) is 0. The second-order valence-electron chi connectivity index (χ2n) is 9.10. The number of hydrogen-bond acceptors (Lipinski definition) is 5. The number of pyridine rings is 1. The number of carbonyl (C=O) groups is 1. The molecule has 1 spiro atoms. The number of aromatic nitrogens is 3. The highest BCUT2D eigenvalue weighted by atomic mass is 35.5. The van der Waals surface area contributed by atoms with E-state index >= 15 is 0 Å². The fourth-order valence-electron chi connectivity index (χ4n) is 5.03. The lowest BCUT2D eigenvalue weighted by Gasteiger charge is -2.23. The summed E-state index contributed by atoms with van der Waals surface area (Å²) in [5, 5.41) is 8.42. The molecular formula is C25H29ClN6O2. The lowest BCUT2D eigenvalue weighted by atomic mass is 9.82. The number of rotatable bonds is 5. The van der Waals surface area contributed by atoms with Crippen molar-refractivity contribution in [3.8, 4) is 17.0 Å². The molecule has 9 heteroatoms. The third kappa shape index (κ3) is 4.07. The molecule has 2 aromatic heterocycles. The minimum absolute atomic E-state index is 0.0101. The zero-order chi connectivity index (χ0) is 23.9. The summed E-state index contributed by atoms with van der Waals surface area (Å²) >= 11 is 6.13. The van der Waals surface area contributed by atoms with E-state index in [9.17, 15) is 4.79 Å². The quantitative estimate of drug-likeness (QED) is 0.564. The van der Waals surface area contributed by atoms with Crippen LogP contribution >= 0.6 is 11.6 Å². The third-order valence-corrected chi connectivity index (χ3v) is 7.13. The van der Waals surface area contributed by atoms with Crippen LogP contribution in [0.4, 0.5) is 10.6 Å². The Morgan fingerprint density at radius 3 is 2.91 bits per heavy atom. The summed E-state index contributed by atoms with van der Waals surface area (Å²) in [5.41, 5.74) is 9.90. The number of nitrogens with two attached hydrogens (primary N) is 1. The van der Waals surface area contributed by atoms with Gasteiger partial charge in [0.15, 0.2) is 11.6 Å². The standard InChI is InChI=1S/C25H29ClN6O2/c1-3-28-24(33)31-9-7-25(15-31)8-10-32-22(25)13-20(30-32)18-12-21(23(27)29-14-18)34-16(2)17-5-4-6-19(26)11-17/h4-6,11-14,16H,3,7-10,15H2,1-2H3,(H2,27,29)(H,28,33)/t16?,25-/m1/s1. The number of halogens is 1. The van der Waals surface area contributed by atoms with Crippen molar-refractivity contribution >= 4 is 23.4 Å². The molecule has 34 heavy (non-hydrogen) atoms. The Morgan fingerprint density at radius 1 is 1.29 bits per heavy atom. The molecule has 0 saturated carbocycles. The minimum atomic E-state index is -0.243. The van der Waals surface area contributed by atoms with Gasteiger partial charge in [0, 0.05) is 54.1 Å². The van der Waals surface area contributed by atoms with Crippen molar-refractivity contribution in [2.24, 2.45) is 0 Å². The van der Waals surface area contributed by atoms with Gasteiger partial charge in [-0.1, -0.05) is 23.7 Å². The highest BCUT2D eigenvalue weighted by Crippen LogP contribution is 2.44. The Labute approximate surface area is 204 Å². The lowest BCUT2D eigenvalue weighted by molar-refractivity contribution is 0.206. The van der Waals surface area contributed by atoms with Crippen LogP contribution in [0.1, 0.15) is 44.1 Å². The van der Waals surface area contributed by atoms with E-state index in [1.54, 1.807) is 6.20 Å². The smallest absolute Gasteiger partial charge is 0.317 e. The first-order valence-electron chi connectivity index (χ1n) is 11.7. The van der Waals surface area contributed by atoms with Gasteiger partial charge in [-0.2, -0.15) is 5.10 Å². The topological polar surface area (TPSA) is 98.3 Å². The van der Waals surface area contributed by atoms with Crippen molar-refractivity contribution in [3.05, 3.63) is 58.9 Å². The van der Waals surface area contributed by atoms with E-state index in [-0.39, 0.29) is 17.6 Å². The molecule has 178 valence electrons. The largest absolute Gasteiger partial charge is 0.482 e. The predicted octanol–water partition coefficient (Wildman–Crippen LogP) is 4.40. The maximum Gasteiger partial charge on any atom is 0.317 e. The zero-order valence-electron chi connectivity index (χ0n) is 19.4. The Bertz CT molecular complexity index is 1230. The number of nitrogens with zero attached hydrogens (tertiary/aromatic N) is 4. The van der Waals surface area contributed by atoms with Crippen molar-refractivity contribution in [1.29, 1.82) is 0 Å². The normalized spacial score (nSPS) is 19.9. The van der Waals surface area contributed by atoms with Crippen LogP contribution in [0.5, 0.6) is 5.75 Å². The summed E-state index contributed by atoms with van der Waals surface area (Å²) < 4.78 is 8.22. The number of likely N-dealkylation sites (tertiary alicyclic amines) is 1. The number of amides is 2. The van der Waals surface area contributed by atoms with Crippen LogP contribution in [0.15, 0.2) is 42.6 Å². The molecule has 0 aliphatic carbocycles. The average molecular weight is 481 g/mol. The maximum atomic E-state index is 12.4. The van der Waals surface area contributed by atoms with Gasteiger partial charge in [0.1, 0.15) is 6.10 Å². The molecule has 2 aliphatic rings. The summed E-state index contributed by atoms with van der Waals surface area (Å²) in [6.07, 6.45) is 3.43. The number of ether oxygens (including phenoxy) is 1. The van der Waals surface area contributed by atoms with Gasteiger partial charge < -0.3 is 20.7 Å². The number of carbonyl (C=O) groups excluding carboxylic acids is 1. The van der Waals surface area contributed by atoms with Gasteiger partial charge in [-0.15, -0.1) is 0 Å². The van der Waals surface area contributed by atoms with Crippen molar-refractivity contribution in [1.82, 2.24) is 25.0 Å². The van der Waals surface area contributed by atoms with Crippen LogP contribution in [0.25, 0.3) is 11.3 Å². The number of urea groups is 1. The summed E-state index contributed by atoms with van der Waals surface area (Å²) in [5.74, 6) is 0.838. The number of aryl methyl sites for hydroxylation is 1. The molecule has 2 amide bonds. The summed E-state index contributed by atoms with van der Waals surface area (Å²) in [4.78, 5) is 18.6. The van der Waals surface area contributed by atoms with E-state index in [1.165, 1.54) is 5.69 Å². The number of nitrogens with one attached hydrogen (secondary N) is 1. The second-order valence-corrected chi connectivity index (χ2v) is 9.53. The monoisotopic (exact) mass is 480 g/mol. The van der Waals surface area contributed by atoms with Crippen LogP contribution in [-0.2, 0) is 12.0 Å². The van der Waals surface area contributed by atoms with E-state index in [0.29, 0.717) is 23.1 Å². The number of fused-ring (bicyclic) bond motifs is 2. The molecule has 1 aromatic carbocycles. The average Bonchev–Trinajstić information content (AvgIpc) is 3.52. The Hall–Kier alpha value is -3.26. The molecule has 3 aromatic rings. The van der Waals surface area contributed by atoms with Gasteiger partial charge >= 0.3 is 6.03 Å². The summed E-state index contributed by atoms with van der Waals surface area (Å²) in [6, 6.07) is 11.6. The Balaban J connectivity index is 1.38. The van der Waals surface area contributed by atoms with Crippen LogP contribution < -0.4 is 15.8 Å². The first-order valence-corrected chi connectivity index (χ1v) is 12.1. The van der Waals surface area contributed by atoms with Crippen LogP contribution in [-0.4, -0.2) is 45.3 Å². The van der Waals surface area contributed by atoms with E-state index in [4.69, 9.17) is 27.2 Å². The minimum Gasteiger partial charge on any atom is -0.482 e. The van der Waals surface area contributed by atoms with Crippen LogP contribution in [0.3, 0.4) is 0 Å². The van der Waals surface area contributed by atoms with E-state index in [1.807, 2.05) is 49.1 Å². The number of benzene rings is 1. The van der Waals surface area contributed by atoms with Gasteiger partial charge in [0.25, 0.3) is 0 Å². The molecule has 0 radical (unpaired) electrons. The number of anilines is 1. The molecule has 4 heterocycles. The molecule has 2 aliphatic heterocycles.